The molecule has 1 unspecified atom stereocenters. The van der Waals surface area contributed by atoms with Crippen LogP contribution < -0.4 is 0 Å². The molecule has 0 radical (unpaired) electrons. The highest BCUT2D eigenvalue weighted by Crippen LogP contribution is 2.29. The Balaban J connectivity index is 2.09. The second-order valence-electron chi connectivity index (χ2n) is 4.39. The normalized spacial score (nSPS) is 15.0. The number of carboxylic acids is 1. The first kappa shape index (κ1) is 12.9. The van der Waals surface area contributed by atoms with Gasteiger partial charge in [0.2, 0.25) is 0 Å². The van der Waals surface area contributed by atoms with Crippen molar-refractivity contribution in [2.75, 3.05) is 0 Å². The Labute approximate surface area is 118 Å². The topological polar surface area (TPSA) is 100 Å². The van der Waals surface area contributed by atoms with Gasteiger partial charge in [0.25, 0.3) is 11.8 Å². The maximum absolute atomic E-state index is 12.3. The fourth-order valence-electron chi connectivity index (χ4n) is 2.24. The Bertz CT molecular complexity index is 710. The Morgan fingerprint density at radius 2 is 1.52 bits per heavy atom. The SMILES string of the molecule is O=C(O)C(c1ccccc1)N1C(=O)c2nccnc2C1=O. The lowest BCUT2D eigenvalue weighted by atomic mass is 10.1. The van der Waals surface area contributed by atoms with Crippen molar-refractivity contribution < 1.29 is 19.5 Å². The van der Waals surface area contributed by atoms with Crippen LogP contribution in [-0.2, 0) is 4.79 Å². The molecule has 2 amide bonds. The minimum atomic E-state index is -1.40. The van der Waals surface area contributed by atoms with E-state index in [0.29, 0.717) is 10.5 Å². The van der Waals surface area contributed by atoms with Gasteiger partial charge in [-0.05, 0) is 5.56 Å². The van der Waals surface area contributed by atoms with E-state index in [9.17, 15) is 19.5 Å². The van der Waals surface area contributed by atoms with Crippen molar-refractivity contribution in [2.24, 2.45) is 0 Å². The maximum Gasteiger partial charge on any atom is 0.331 e. The predicted octanol–water partition coefficient (Wildman–Crippen LogP) is 0.898. The van der Waals surface area contributed by atoms with Crippen molar-refractivity contribution in [1.29, 1.82) is 0 Å². The number of imide groups is 1. The first-order valence-electron chi connectivity index (χ1n) is 6.08. The molecule has 1 aromatic heterocycles. The average Bonchev–Trinajstić information content (AvgIpc) is 2.74. The molecule has 7 heteroatoms. The molecular formula is C14H9N3O4. The number of carboxylic acid groups (broad SMARTS) is 1. The van der Waals surface area contributed by atoms with Crippen molar-refractivity contribution in [3.8, 4) is 0 Å². The number of amides is 2. The van der Waals surface area contributed by atoms with E-state index < -0.39 is 23.8 Å². The lowest BCUT2D eigenvalue weighted by Gasteiger charge is -2.22. The zero-order chi connectivity index (χ0) is 15.0. The van der Waals surface area contributed by atoms with E-state index in [-0.39, 0.29) is 11.4 Å². The molecule has 2 heterocycles. The molecule has 7 nitrogen and oxygen atoms in total. The molecule has 0 bridgehead atoms. The standard InChI is InChI=1S/C14H9N3O4/c18-12-9-10(16-7-6-15-9)13(19)17(12)11(14(20)21)8-4-2-1-3-5-8/h1-7,11H,(H,20,21). The van der Waals surface area contributed by atoms with Crippen molar-refractivity contribution in [1.82, 2.24) is 14.9 Å². The summed E-state index contributed by atoms with van der Waals surface area (Å²) in [5.74, 6) is -2.80. The van der Waals surface area contributed by atoms with E-state index in [0.717, 1.165) is 0 Å². The summed E-state index contributed by atoms with van der Waals surface area (Å²) in [6.07, 6.45) is 2.57. The monoisotopic (exact) mass is 283 g/mol. The molecule has 1 aliphatic rings. The Morgan fingerprint density at radius 3 is 2.00 bits per heavy atom. The van der Waals surface area contributed by atoms with Gasteiger partial charge in [0.1, 0.15) is 0 Å². The third-order valence-corrected chi connectivity index (χ3v) is 3.15. The van der Waals surface area contributed by atoms with E-state index in [1.54, 1.807) is 30.3 Å². The van der Waals surface area contributed by atoms with Crippen LogP contribution in [0, 0.1) is 0 Å². The largest absolute Gasteiger partial charge is 0.479 e. The van der Waals surface area contributed by atoms with Gasteiger partial charge in [0.15, 0.2) is 17.4 Å². The van der Waals surface area contributed by atoms with Crippen molar-refractivity contribution in [2.45, 2.75) is 6.04 Å². The number of hydrogen-bond donors (Lipinski definition) is 1. The first-order valence-corrected chi connectivity index (χ1v) is 6.08. The smallest absolute Gasteiger partial charge is 0.331 e. The van der Waals surface area contributed by atoms with Crippen LogP contribution in [0.1, 0.15) is 32.6 Å². The molecule has 1 N–H and O–H groups in total. The molecular weight excluding hydrogens is 274 g/mol. The molecule has 1 aliphatic heterocycles. The van der Waals surface area contributed by atoms with Crippen molar-refractivity contribution in [3.63, 3.8) is 0 Å². The molecule has 0 aliphatic carbocycles. The van der Waals surface area contributed by atoms with Gasteiger partial charge in [0.05, 0.1) is 0 Å². The number of rotatable bonds is 3. The number of nitrogens with zero attached hydrogens (tertiary/aromatic N) is 3. The highest BCUT2D eigenvalue weighted by atomic mass is 16.4. The van der Waals surface area contributed by atoms with Crippen molar-refractivity contribution >= 4 is 17.8 Å². The quantitative estimate of drug-likeness (QED) is 0.840. The molecule has 0 saturated heterocycles. The van der Waals surface area contributed by atoms with Crippen LogP contribution in [0.3, 0.4) is 0 Å². The molecule has 0 fully saturated rings. The van der Waals surface area contributed by atoms with Crippen LogP contribution in [0.15, 0.2) is 42.7 Å². The third kappa shape index (κ3) is 1.95. The van der Waals surface area contributed by atoms with Crippen molar-refractivity contribution in [3.05, 3.63) is 59.7 Å². The van der Waals surface area contributed by atoms with E-state index in [2.05, 4.69) is 9.97 Å². The zero-order valence-electron chi connectivity index (χ0n) is 10.6. The number of fused-ring (bicyclic) bond motifs is 1. The zero-order valence-corrected chi connectivity index (χ0v) is 10.6. The number of carbonyl (C=O) groups excluding carboxylic acids is 2. The van der Waals surface area contributed by atoms with E-state index in [4.69, 9.17) is 0 Å². The van der Waals surface area contributed by atoms with E-state index in [1.165, 1.54) is 12.4 Å². The number of benzene rings is 1. The fourth-order valence-corrected chi connectivity index (χ4v) is 2.24. The van der Waals surface area contributed by atoms with Crippen LogP contribution in [0.2, 0.25) is 0 Å². The highest BCUT2D eigenvalue weighted by Gasteiger charge is 2.45. The van der Waals surface area contributed by atoms with Gasteiger partial charge < -0.3 is 5.11 Å². The van der Waals surface area contributed by atoms with Crippen LogP contribution in [-0.4, -0.2) is 37.8 Å². The van der Waals surface area contributed by atoms with Crippen LogP contribution in [0.5, 0.6) is 0 Å². The number of aliphatic carboxylic acids is 1. The summed E-state index contributed by atoms with van der Waals surface area (Å²) < 4.78 is 0. The second-order valence-corrected chi connectivity index (χ2v) is 4.39. The molecule has 0 spiro atoms. The molecule has 2 aromatic rings. The van der Waals surface area contributed by atoms with Gasteiger partial charge in [-0.1, -0.05) is 30.3 Å². The number of aromatic nitrogens is 2. The molecule has 0 saturated carbocycles. The first-order chi connectivity index (χ1) is 10.1. The Morgan fingerprint density at radius 1 is 1.00 bits per heavy atom. The summed E-state index contributed by atoms with van der Waals surface area (Å²) in [6.45, 7) is 0. The highest BCUT2D eigenvalue weighted by molar-refractivity contribution is 6.20. The molecule has 1 aromatic carbocycles. The van der Waals surface area contributed by atoms with Gasteiger partial charge in [-0.2, -0.15) is 0 Å². The van der Waals surface area contributed by atoms with Gasteiger partial charge in [-0.3, -0.25) is 14.5 Å². The third-order valence-electron chi connectivity index (χ3n) is 3.15. The second kappa shape index (κ2) is 4.78. The van der Waals surface area contributed by atoms with Gasteiger partial charge in [-0.15, -0.1) is 0 Å². The number of carbonyl (C=O) groups is 3. The Hall–Kier alpha value is -3.09. The van der Waals surface area contributed by atoms with E-state index >= 15 is 0 Å². The summed E-state index contributed by atoms with van der Waals surface area (Å²) >= 11 is 0. The molecule has 3 rings (SSSR count). The maximum atomic E-state index is 12.3. The molecule has 1 atom stereocenters. The summed E-state index contributed by atoms with van der Waals surface area (Å²) in [5.41, 5.74) is 0.0915. The van der Waals surface area contributed by atoms with Crippen LogP contribution in [0.25, 0.3) is 0 Å². The minimum absolute atomic E-state index is 0.121. The number of hydrogen-bond acceptors (Lipinski definition) is 5. The van der Waals surface area contributed by atoms with Gasteiger partial charge >= 0.3 is 5.97 Å². The van der Waals surface area contributed by atoms with Crippen LogP contribution in [0.4, 0.5) is 0 Å². The lowest BCUT2D eigenvalue weighted by Crippen LogP contribution is -2.38. The van der Waals surface area contributed by atoms with Gasteiger partial charge in [-0.25, -0.2) is 14.8 Å². The van der Waals surface area contributed by atoms with E-state index in [1.807, 2.05) is 0 Å². The van der Waals surface area contributed by atoms with Gasteiger partial charge in [0, 0.05) is 12.4 Å². The lowest BCUT2D eigenvalue weighted by molar-refractivity contribution is -0.141. The summed E-state index contributed by atoms with van der Waals surface area (Å²) in [6, 6.07) is 6.68. The summed E-state index contributed by atoms with van der Waals surface area (Å²) in [4.78, 5) is 44.4. The molecule has 104 valence electrons. The summed E-state index contributed by atoms with van der Waals surface area (Å²) in [5, 5.41) is 9.41. The average molecular weight is 283 g/mol. The predicted molar refractivity (Wildman–Crippen MR) is 69.4 cm³/mol. The van der Waals surface area contributed by atoms with Crippen LogP contribution >= 0.6 is 0 Å². The fraction of sp³-hybridized carbons (Fsp3) is 0.0714. The summed E-state index contributed by atoms with van der Waals surface area (Å²) in [7, 11) is 0. The molecule has 21 heavy (non-hydrogen) atoms. The Kier molecular flexibility index (Phi) is 2.94. The minimum Gasteiger partial charge on any atom is -0.479 e.